The minimum absolute atomic E-state index is 0.125. The molecule has 27 heavy (non-hydrogen) atoms. The molecule has 4 rings (SSSR count). The highest BCUT2D eigenvalue weighted by atomic mass is 16.7. The first-order chi connectivity index (χ1) is 13.2. The fourth-order valence-electron chi connectivity index (χ4n) is 3.06. The fourth-order valence-corrected chi connectivity index (χ4v) is 3.06. The highest BCUT2D eigenvalue weighted by Gasteiger charge is 2.21. The Morgan fingerprint density at radius 1 is 1.15 bits per heavy atom. The smallest absolute Gasteiger partial charge is 0.321 e. The lowest BCUT2D eigenvalue weighted by Crippen LogP contribution is -2.31. The Morgan fingerprint density at radius 2 is 2.04 bits per heavy atom. The van der Waals surface area contributed by atoms with Crippen LogP contribution in [0.3, 0.4) is 0 Å². The maximum Gasteiger partial charge on any atom is 0.321 e. The molecule has 8 nitrogen and oxygen atoms in total. The van der Waals surface area contributed by atoms with Gasteiger partial charge in [0.05, 0.1) is 0 Å². The molecule has 1 fully saturated rings. The molecule has 2 heterocycles. The number of nitrogens with one attached hydrogen (secondary N) is 3. The van der Waals surface area contributed by atoms with E-state index in [0.717, 1.165) is 22.7 Å². The second-order valence-corrected chi connectivity index (χ2v) is 6.25. The van der Waals surface area contributed by atoms with Crippen molar-refractivity contribution < 1.29 is 19.1 Å². The number of benzene rings is 2. The van der Waals surface area contributed by atoms with Crippen LogP contribution in [-0.2, 0) is 6.42 Å². The second-order valence-electron chi connectivity index (χ2n) is 6.25. The summed E-state index contributed by atoms with van der Waals surface area (Å²) in [5, 5.41) is 8.38. The highest BCUT2D eigenvalue weighted by Crippen LogP contribution is 2.32. The van der Waals surface area contributed by atoms with Gasteiger partial charge in [0.2, 0.25) is 6.79 Å². The molecule has 8 heteroatoms. The van der Waals surface area contributed by atoms with E-state index in [1.165, 1.54) is 0 Å². The molecule has 2 aromatic carbocycles. The van der Waals surface area contributed by atoms with Crippen molar-refractivity contribution in [2.75, 3.05) is 36.6 Å². The van der Waals surface area contributed by atoms with Crippen LogP contribution in [0.4, 0.5) is 21.0 Å². The molecule has 0 aliphatic carbocycles. The molecule has 1 saturated heterocycles. The van der Waals surface area contributed by atoms with Gasteiger partial charge in [0, 0.05) is 31.0 Å². The number of urea groups is 2. The van der Waals surface area contributed by atoms with Crippen LogP contribution < -0.4 is 30.3 Å². The number of amides is 4. The van der Waals surface area contributed by atoms with Gasteiger partial charge >= 0.3 is 12.1 Å². The van der Waals surface area contributed by atoms with Crippen LogP contribution in [0.25, 0.3) is 0 Å². The molecule has 0 saturated carbocycles. The zero-order valence-electron chi connectivity index (χ0n) is 14.7. The van der Waals surface area contributed by atoms with E-state index < -0.39 is 0 Å². The van der Waals surface area contributed by atoms with Crippen LogP contribution in [0.5, 0.6) is 11.5 Å². The lowest BCUT2D eigenvalue weighted by molar-refractivity contribution is 0.174. The van der Waals surface area contributed by atoms with Crippen molar-refractivity contribution in [3.8, 4) is 11.5 Å². The number of fused-ring (bicyclic) bond motifs is 1. The van der Waals surface area contributed by atoms with Gasteiger partial charge in [-0.25, -0.2) is 9.59 Å². The minimum atomic E-state index is -0.293. The molecule has 2 aliphatic heterocycles. The molecule has 0 atom stereocenters. The van der Waals surface area contributed by atoms with Gasteiger partial charge in [0.25, 0.3) is 0 Å². The van der Waals surface area contributed by atoms with E-state index in [2.05, 4.69) is 16.0 Å². The number of anilines is 2. The number of carbonyl (C=O) groups excluding carboxylic acids is 2. The normalized spacial score (nSPS) is 14.8. The summed E-state index contributed by atoms with van der Waals surface area (Å²) in [6.07, 6.45) is 0.679. The molecule has 0 bridgehead atoms. The quantitative estimate of drug-likeness (QED) is 0.755. The zero-order valence-corrected chi connectivity index (χ0v) is 14.7. The topological polar surface area (TPSA) is 91.9 Å². The standard InChI is InChI=1S/C19H20N4O4/c24-18(20-7-6-13-4-5-16-17(10-13)27-12-26-16)22-14-2-1-3-15(11-14)23-9-8-21-19(23)25/h1-5,10-11H,6-9,12H2,(H,21,25)(H2,20,22,24). The highest BCUT2D eigenvalue weighted by molar-refractivity contribution is 5.95. The van der Waals surface area contributed by atoms with Crippen LogP contribution >= 0.6 is 0 Å². The van der Waals surface area contributed by atoms with Gasteiger partial charge in [0.15, 0.2) is 11.5 Å². The van der Waals surface area contributed by atoms with Gasteiger partial charge in [0.1, 0.15) is 0 Å². The van der Waals surface area contributed by atoms with Gasteiger partial charge in [-0.2, -0.15) is 0 Å². The predicted octanol–water partition coefficient (Wildman–Crippen LogP) is 2.31. The average molecular weight is 368 g/mol. The maximum atomic E-state index is 12.1. The van der Waals surface area contributed by atoms with Crippen molar-refractivity contribution in [2.45, 2.75) is 6.42 Å². The number of nitrogens with zero attached hydrogens (tertiary/aromatic N) is 1. The summed E-state index contributed by atoms with van der Waals surface area (Å²) in [6.45, 7) is 1.97. The zero-order chi connectivity index (χ0) is 18.6. The van der Waals surface area contributed by atoms with Crippen LogP contribution in [0.2, 0.25) is 0 Å². The Hall–Kier alpha value is -3.42. The number of carbonyl (C=O) groups is 2. The van der Waals surface area contributed by atoms with Crippen LogP contribution in [0.1, 0.15) is 5.56 Å². The van der Waals surface area contributed by atoms with E-state index in [9.17, 15) is 9.59 Å². The molecule has 4 amide bonds. The van der Waals surface area contributed by atoms with Gasteiger partial charge in [-0.1, -0.05) is 12.1 Å². The first kappa shape index (κ1) is 17.0. The van der Waals surface area contributed by atoms with Gasteiger partial charge < -0.3 is 25.4 Å². The van der Waals surface area contributed by atoms with E-state index in [0.29, 0.717) is 31.7 Å². The van der Waals surface area contributed by atoms with Crippen LogP contribution in [0, 0.1) is 0 Å². The molecular weight excluding hydrogens is 348 g/mol. The summed E-state index contributed by atoms with van der Waals surface area (Å²) >= 11 is 0. The summed E-state index contributed by atoms with van der Waals surface area (Å²) < 4.78 is 10.6. The van der Waals surface area contributed by atoms with Crippen molar-refractivity contribution in [3.05, 3.63) is 48.0 Å². The van der Waals surface area contributed by atoms with E-state index in [4.69, 9.17) is 9.47 Å². The second kappa shape index (κ2) is 7.45. The SMILES string of the molecule is O=C(NCCc1ccc2c(c1)OCO2)Nc1cccc(N2CCNC2=O)c1. The first-order valence-corrected chi connectivity index (χ1v) is 8.78. The fraction of sp³-hybridized carbons (Fsp3) is 0.263. The average Bonchev–Trinajstić information content (AvgIpc) is 3.30. The van der Waals surface area contributed by atoms with Crippen LogP contribution in [0.15, 0.2) is 42.5 Å². The number of hydrogen-bond acceptors (Lipinski definition) is 4. The van der Waals surface area contributed by atoms with Gasteiger partial charge in [-0.3, -0.25) is 4.90 Å². The van der Waals surface area contributed by atoms with Crippen molar-refractivity contribution >= 4 is 23.4 Å². The summed E-state index contributed by atoms with van der Waals surface area (Å²) in [5.74, 6) is 1.48. The maximum absolute atomic E-state index is 12.1. The third-order valence-electron chi connectivity index (χ3n) is 4.41. The molecule has 0 unspecified atom stereocenters. The lowest BCUT2D eigenvalue weighted by atomic mass is 10.1. The Bertz CT molecular complexity index is 871. The number of ether oxygens (including phenoxy) is 2. The summed E-state index contributed by atoms with van der Waals surface area (Å²) in [7, 11) is 0. The number of hydrogen-bond donors (Lipinski definition) is 3. The van der Waals surface area contributed by atoms with Gasteiger partial charge in [-0.05, 0) is 42.3 Å². The Kier molecular flexibility index (Phi) is 4.69. The van der Waals surface area contributed by atoms with E-state index in [1.54, 1.807) is 17.0 Å². The molecule has 0 radical (unpaired) electrons. The van der Waals surface area contributed by atoms with Crippen LogP contribution in [-0.4, -0.2) is 38.5 Å². The van der Waals surface area contributed by atoms with Crippen molar-refractivity contribution in [1.82, 2.24) is 10.6 Å². The molecule has 0 spiro atoms. The van der Waals surface area contributed by atoms with Crippen molar-refractivity contribution in [3.63, 3.8) is 0 Å². The summed E-state index contributed by atoms with van der Waals surface area (Å²) in [4.78, 5) is 25.5. The van der Waals surface area contributed by atoms with E-state index in [-0.39, 0.29) is 18.9 Å². The molecule has 0 aromatic heterocycles. The third-order valence-corrected chi connectivity index (χ3v) is 4.41. The van der Waals surface area contributed by atoms with Gasteiger partial charge in [-0.15, -0.1) is 0 Å². The van der Waals surface area contributed by atoms with Crippen molar-refractivity contribution in [2.24, 2.45) is 0 Å². The first-order valence-electron chi connectivity index (χ1n) is 8.78. The Labute approximate surface area is 156 Å². The third kappa shape index (κ3) is 3.89. The number of rotatable bonds is 5. The summed E-state index contributed by atoms with van der Waals surface area (Å²) in [6, 6.07) is 12.6. The largest absolute Gasteiger partial charge is 0.454 e. The Morgan fingerprint density at radius 3 is 2.89 bits per heavy atom. The van der Waals surface area contributed by atoms with E-state index >= 15 is 0 Å². The minimum Gasteiger partial charge on any atom is -0.454 e. The van der Waals surface area contributed by atoms with Crippen molar-refractivity contribution in [1.29, 1.82) is 0 Å². The molecule has 2 aromatic rings. The molecule has 3 N–H and O–H groups in total. The predicted molar refractivity (Wildman–Crippen MR) is 100 cm³/mol. The molecule has 2 aliphatic rings. The lowest BCUT2D eigenvalue weighted by Gasteiger charge is -2.15. The van der Waals surface area contributed by atoms with E-state index in [1.807, 2.05) is 30.3 Å². The monoisotopic (exact) mass is 368 g/mol. The molecule has 140 valence electrons. The summed E-state index contributed by atoms with van der Waals surface area (Å²) in [5.41, 5.74) is 2.44. The Balaban J connectivity index is 1.29. The molecular formula is C19H20N4O4.